The molecule has 4 nitrogen and oxygen atoms in total. The molecule has 1 aliphatic heterocycles. The molecular weight excluding hydrogens is 338 g/mol. The lowest BCUT2D eigenvalue weighted by Crippen LogP contribution is -2.29. The fraction of sp³-hybridized carbons (Fsp3) is 0.261. The van der Waals surface area contributed by atoms with Gasteiger partial charge in [-0.1, -0.05) is 42.5 Å². The Morgan fingerprint density at radius 2 is 1.93 bits per heavy atom. The van der Waals surface area contributed by atoms with Gasteiger partial charge in [-0.2, -0.15) is 0 Å². The summed E-state index contributed by atoms with van der Waals surface area (Å²) in [5.41, 5.74) is 4.60. The molecule has 3 aromatic rings. The van der Waals surface area contributed by atoms with Crippen LogP contribution in [0.3, 0.4) is 0 Å². The van der Waals surface area contributed by atoms with Crippen molar-refractivity contribution >= 4 is 5.69 Å². The van der Waals surface area contributed by atoms with Gasteiger partial charge in [-0.15, -0.1) is 0 Å². The Hall–Kier alpha value is -3.01. The minimum absolute atomic E-state index is 0.148. The predicted molar refractivity (Wildman–Crippen MR) is 106 cm³/mol. The van der Waals surface area contributed by atoms with E-state index in [1.807, 2.05) is 37.3 Å². The molecule has 138 valence electrons. The molecule has 2 aromatic carbocycles. The number of fused-ring (bicyclic) bond motifs is 1. The minimum atomic E-state index is -0.148. The van der Waals surface area contributed by atoms with Crippen LogP contribution in [0.15, 0.2) is 70.1 Å². The zero-order valence-corrected chi connectivity index (χ0v) is 15.6. The normalized spacial score (nSPS) is 15.6. The Morgan fingerprint density at radius 3 is 2.74 bits per heavy atom. The third-order valence-corrected chi connectivity index (χ3v) is 5.17. The minimum Gasteiger partial charge on any atom is -0.482 e. The Bertz CT molecular complexity index is 1010. The fourth-order valence-corrected chi connectivity index (χ4v) is 3.59. The van der Waals surface area contributed by atoms with Crippen LogP contribution in [-0.4, -0.2) is 6.04 Å². The summed E-state index contributed by atoms with van der Waals surface area (Å²) in [6, 6.07) is 18.3. The molecule has 0 saturated carbocycles. The first-order valence-corrected chi connectivity index (χ1v) is 9.25. The maximum Gasteiger partial charge on any atom is 0.227 e. The number of hydrogen-bond acceptors (Lipinski definition) is 4. The SMILES string of the molecule is Cc1ccccc1COc1coc(CN2c3ccccc3C[C@H]2C)cc1=O. The van der Waals surface area contributed by atoms with E-state index in [1.54, 1.807) is 6.07 Å². The average Bonchev–Trinajstić information content (AvgIpc) is 2.98. The van der Waals surface area contributed by atoms with Crippen LogP contribution < -0.4 is 15.1 Å². The lowest BCUT2D eigenvalue weighted by atomic mass is 10.1. The molecular formula is C23H23NO3. The molecule has 1 aromatic heterocycles. The number of anilines is 1. The van der Waals surface area contributed by atoms with E-state index in [4.69, 9.17) is 9.15 Å². The highest BCUT2D eigenvalue weighted by Gasteiger charge is 2.26. The van der Waals surface area contributed by atoms with E-state index < -0.39 is 0 Å². The second kappa shape index (κ2) is 7.31. The summed E-state index contributed by atoms with van der Waals surface area (Å²) in [6.07, 6.45) is 2.45. The van der Waals surface area contributed by atoms with E-state index in [-0.39, 0.29) is 11.2 Å². The van der Waals surface area contributed by atoms with Crippen LogP contribution in [0, 0.1) is 6.92 Å². The molecule has 0 spiro atoms. The largest absolute Gasteiger partial charge is 0.482 e. The molecule has 1 aliphatic rings. The lowest BCUT2D eigenvalue weighted by molar-refractivity contribution is 0.288. The zero-order valence-electron chi connectivity index (χ0n) is 15.6. The molecule has 4 rings (SSSR count). The van der Waals surface area contributed by atoms with Crippen molar-refractivity contribution in [1.29, 1.82) is 0 Å². The van der Waals surface area contributed by atoms with Crippen molar-refractivity contribution < 1.29 is 9.15 Å². The Morgan fingerprint density at radius 1 is 1.15 bits per heavy atom. The summed E-state index contributed by atoms with van der Waals surface area (Å²) >= 11 is 0. The summed E-state index contributed by atoms with van der Waals surface area (Å²) in [7, 11) is 0. The lowest BCUT2D eigenvalue weighted by Gasteiger charge is -2.24. The van der Waals surface area contributed by atoms with Crippen LogP contribution in [0.1, 0.15) is 29.4 Å². The molecule has 0 amide bonds. The van der Waals surface area contributed by atoms with Crippen molar-refractivity contribution in [3.8, 4) is 5.75 Å². The Labute approximate surface area is 159 Å². The van der Waals surface area contributed by atoms with Gasteiger partial charge in [0.25, 0.3) is 0 Å². The molecule has 0 bridgehead atoms. The topological polar surface area (TPSA) is 42.7 Å². The second-order valence-electron chi connectivity index (χ2n) is 7.10. The predicted octanol–water partition coefficient (Wildman–Crippen LogP) is 4.48. The van der Waals surface area contributed by atoms with Crippen LogP contribution in [0.25, 0.3) is 0 Å². The summed E-state index contributed by atoms with van der Waals surface area (Å²) in [5.74, 6) is 0.892. The van der Waals surface area contributed by atoms with E-state index in [0.29, 0.717) is 25.0 Å². The molecule has 0 aliphatic carbocycles. The smallest absolute Gasteiger partial charge is 0.227 e. The fourth-order valence-electron chi connectivity index (χ4n) is 3.59. The number of benzene rings is 2. The summed E-state index contributed by atoms with van der Waals surface area (Å²) < 4.78 is 11.4. The first-order chi connectivity index (χ1) is 13.1. The van der Waals surface area contributed by atoms with E-state index in [1.165, 1.54) is 17.5 Å². The number of ether oxygens (including phenoxy) is 1. The molecule has 1 atom stereocenters. The third kappa shape index (κ3) is 3.61. The van der Waals surface area contributed by atoms with Gasteiger partial charge in [0.1, 0.15) is 18.6 Å². The highest BCUT2D eigenvalue weighted by molar-refractivity contribution is 5.59. The van der Waals surface area contributed by atoms with Gasteiger partial charge in [-0.25, -0.2) is 0 Å². The first kappa shape index (κ1) is 17.4. The van der Waals surface area contributed by atoms with Crippen LogP contribution in [-0.2, 0) is 19.6 Å². The van der Waals surface area contributed by atoms with Crippen LogP contribution in [0.4, 0.5) is 5.69 Å². The molecule has 0 unspecified atom stereocenters. The molecule has 2 heterocycles. The van der Waals surface area contributed by atoms with Crippen molar-refractivity contribution in [2.45, 2.75) is 39.5 Å². The van der Waals surface area contributed by atoms with Gasteiger partial charge < -0.3 is 14.1 Å². The zero-order chi connectivity index (χ0) is 18.8. The monoisotopic (exact) mass is 361 g/mol. The molecule has 27 heavy (non-hydrogen) atoms. The van der Waals surface area contributed by atoms with Gasteiger partial charge >= 0.3 is 0 Å². The number of rotatable bonds is 5. The molecule has 0 N–H and O–H groups in total. The molecule has 4 heteroatoms. The van der Waals surface area contributed by atoms with Gasteiger partial charge in [-0.3, -0.25) is 4.79 Å². The van der Waals surface area contributed by atoms with Gasteiger partial charge in [-0.05, 0) is 43.0 Å². The molecule has 0 fully saturated rings. The summed E-state index contributed by atoms with van der Waals surface area (Å²) in [5, 5.41) is 0. The van der Waals surface area contributed by atoms with E-state index >= 15 is 0 Å². The standard InChI is InChI=1S/C23H23NO3/c1-16-7-3-4-9-19(16)14-27-23-15-26-20(12-22(23)25)13-24-17(2)11-18-8-5-6-10-21(18)24/h3-10,12,15,17H,11,13-14H2,1-2H3/t17-/m1/s1. The quantitative estimate of drug-likeness (QED) is 0.672. The first-order valence-electron chi connectivity index (χ1n) is 9.25. The summed E-state index contributed by atoms with van der Waals surface area (Å²) in [4.78, 5) is 14.7. The van der Waals surface area contributed by atoms with E-state index in [2.05, 4.69) is 30.0 Å². The number of aryl methyl sites for hydroxylation is 1. The van der Waals surface area contributed by atoms with Crippen molar-refractivity contribution in [2.24, 2.45) is 0 Å². The van der Waals surface area contributed by atoms with Gasteiger partial charge in [0.15, 0.2) is 0 Å². The number of hydrogen-bond donors (Lipinski definition) is 0. The van der Waals surface area contributed by atoms with Crippen molar-refractivity contribution in [3.63, 3.8) is 0 Å². The maximum absolute atomic E-state index is 12.4. The second-order valence-corrected chi connectivity index (χ2v) is 7.10. The Kier molecular flexibility index (Phi) is 4.71. The van der Waals surface area contributed by atoms with Gasteiger partial charge in [0.05, 0.1) is 6.54 Å². The average molecular weight is 361 g/mol. The van der Waals surface area contributed by atoms with Crippen molar-refractivity contribution in [2.75, 3.05) is 4.90 Å². The number of nitrogens with zero attached hydrogens (tertiary/aromatic N) is 1. The Balaban J connectivity index is 1.48. The molecule has 0 saturated heterocycles. The van der Waals surface area contributed by atoms with Crippen LogP contribution >= 0.6 is 0 Å². The van der Waals surface area contributed by atoms with Crippen LogP contribution in [0.2, 0.25) is 0 Å². The summed E-state index contributed by atoms with van der Waals surface area (Å²) in [6.45, 7) is 5.15. The van der Waals surface area contributed by atoms with Crippen molar-refractivity contribution in [1.82, 2.24) is 0 Å². The maximum atomic E-state index is 12.4. The number of para-hydroxylation sites is 1. The van der Waals surface area contributed by atoms with Crippen LogP contribution in [0.5, 0.6) is 5.75 Å². The highest BCUT2D eigenvalue weighted by Crippen LogP contribution is 2.33. The molecule has 0 radical (unpaired) electrons. The van der Waals surface area contributed by atoms with E-state index in [0.717, 1.165) is 17.5 Å². The van der Waals surface area contributed by atoms with Crippen molar-refractivity contribution in [3.05, 3.63) is 93.5 Å². The highest BCUT2D eigenvalue weighted by atomic mass is 16.5. The van der Waals surface area contributed by atoms with Gasteiger partial charge in [0, 0.05) is 17.8 Å². The van der Waals surface area contributed by atoms with E-state index in [9.17, 15) is 4.79 Å². The van der Waals surface area contributed by atoms with Gasteiger partial charge in [0.2, 0.25) is 11.2 Å². The third-order valence-electron chi connectivity index (χ3n) is 5.17.